The van der Waals surface area contributed by atoms with Gasteiger partial charge in [0.1, 0.15) is 0 Å². The number of carbonyl (C=O) groups excluding carboxylic acids is 1. The summed E-state index contributed by atoms with van der Waals surface area (Å²) in [5.74, 6) is 0. The normalized spacial score (nSPS) is 12.7. The number of rotatable bonds is 4. The van der Waals surface area contributed by atoms with Crippen LogP contribution in [-0.2, 0) is 0 Å². The largest absolute Gasteiger partial charge is 0.416 e. The van der Waals surface area contributed by atoms with Crippen molar-refractivity contribution in [1.82, 2.24) is 14.7 Å². The molecule has 124 valence electrons. The van der Waals surface area contributed by atoms with E-state index in [2.05, 4.69) is 10.4 Å². The summed E-state index contributed by atoms with van der Waals surface area (Å²) in [5.41, 5.74) is 1.10. The van der Waals surface area contributed by atoms with Gasteiger partial charge >= 0.3 is 12.2 Å². The molecule has 0 fully saturated rings. The first-order valence-electron chi connectivity index (χ1n) is 6.64. The molecule has 1 atom stereocenters. The molecule has 0 aliphatic rings. The average molecular weight is 328 g/mol. The van der Waals surface area contributed by atoms with E-state index in [0.717, 1.165) is 17.6 Å². The van der Waals surface area contributed by atoms with E-state index in [1.54, 1.807) is 0 Å². The maximum atomic E-state index is 12.3. The number of aliphatic hydroxyl groups excluding tert-OH is 1. The number of amides is 2. The molecule has 0 aliphatic carbocycles. The summed E-state index contributed by atoms with van der Waals surface area (Å²) in [7, 11) is 1.16. The van der Waals surface area contributed by atoms with Crippen LogP contribution >= 0.6 is 0 Å². The van der Waals surface area contributed by atoms with Crippen molar-refractivity contribution in [2.24, 2.45) is 0 Å². The lowest BCUT2D eigenvalue weighted by atomic mass is 10.3. The molecule has 1 aromatic carbocycles. The highest BCUT2D eigenvalue weighted by atomic mass is 19.4. The molecule has 0 bridgehead atoms. The van der Waals surface area contributed by atoms with E-state index in [-0.39, 0.29) is 0 Å². The predicted molar refractivity (Wildman–Crippen MR) is 77.3 cm³/mol. The Morgan fingerprint density at radius 3 is 2.65 bits per heavy atom. The van der Waals surface area contributed by atoms with Gasteiger partial charge in [-0.05, 0) is 12.1 Å². The number of aliphatic hydroxyl groups is 1. The summed E-state index contributed by atoms with van der Waals surface area (Å²) in [6.07, 6.45) is -4.46. The van der Waals surface area contributed by atoms with Crippen LogP contribution in [0.2, 0.25) is 0 Å². The number of anilines is 1. The highest BCUT2D eigenvalue weighted by molar-refractivity contribution is 5.88. The quantitative estimate of drug-likeness (QED) is 0.904. The third-order valence-corrected chi connectivity index (χ3v) is 3.03. The van der Waals surface area contributed by atoms with Crippen molar-refractivity contribution >= 4 is 11.7 Å². The van der Waals surface area contributed by atoms with Gasteiger partial charge in [0.25, 0.3) is 0 Å². The molecule has 1 unspecified atom stereocenters. The second-order valence-corrected chi connectivity index (χ2v) is 4.88. The molecule has 0 aliphatic heterocycles. The molecule has 2 aromatic rings. The number of para-hydroxylation sites is 1. The molecule has 2 N–H and O–H groups in total. The number of hydrogen-bond donors (Lipinski definition) is 2. The number of nitrogens with one attached hydrogen (secondary N) is 1. The van der Waals surface area contributed by atoms with E-state index in [1.807, 2.05) is 30.3 Å². The lowest BCUT2D eigenvalue weighted by Gasteiger charge is -2.22. The summed E-state index contributed by atoms with van der Waals surface area (Å²) >= 11 is 0. The number of urea groups is 1. The Kier molecular flexibility index (Phi) is 4.89. The number of carbonyl (C=O) groups is 1. The highest BCUT2D eigenvalue weighted by Gasteiger charge is 2.39. The van der Waals surface area contributed by atoms with E-state index < -0.39 is 24.9 Å². The minimum Gasteiger partial charge on any atom is -0.382 e. The molecule has 0 spiro atoms. The van der Waals surface area contributed by atoms with Gasteiger partial charge in [-0.15, -0.1) is 0 Å². The molecule has 0 radical (unpaired) electrons. The van der Waals surface area contributed by atoms with Crippen molar-refractivity contribution in [2.45, 2.75) is 12.3 Å². The zero-order valence-corrected chi connectivity index (χ0v) is 12.2. The van der Waals surface area contributed by atoms with Crippen molar-refractivity contribution in [3.8, 4) is 5.69 Å². The number of aromatic nitrogens is 2. The van der Waals surface area contributed by atoms with Gasteiger partial charge in [-0.25, -0.2) is 9.48 Å². The van der Waals surface area contributed by atoms with E-state index in [0.29, 0.717) is 5.69 Å². The van der Waals surface area contributed by atoms with Crippen LogP contribution in [0.1, 0.15) is 0 Å². The van der Waals surface area contributed by atoms with Crippen molar-refractivity contribution in [1.29, 1.82) is 0 Å². The molecule has 9 heteroatoms. The summed E-state index contributed by atoms with van der Waals surface area (Å²) in [5, 5.41) is 15.4. The molecule has 0 saturated heterocycles. The van der Waals surface area contributed by atoms with Crippen LogP contribution < -0.4 is 5.32 Å². The van der Waals surface area contributed by atoms with Crippen LogP contribution in [0.5, 0.6) is 0 Å². The molecular formula is C14H15F3N4O2. The van der Waals surface area contributed by atoms with Crippen molar-refractivity contribution in [3.05, 3.63) is 42.7 Å². The molecule has 23 heavy (non-hydrogen) atoms. The van der Waals surface area contributed by atoms with Gasteiger partial charge in [-0.2, -0.15) is 18.3 Å². The average Bonchev–Trinajstić information content (AvgIpc) is 2.95. The lowest BCUT2D eigenvalue weighted by Crippen LogP contribution is -2.43. The van der Waals surface area contributed by atoms with Crippen molar-refractivity contribution in [3.63, 3.8) is 0 Å². The summed E-state index contributed by atoms with van der Waals surface area (Å²) < 4.78 is 38.3. The Hall–Kier alpha value is -2.55. The fraction of sp³-hybridized carbons (Fsp3) is 0.286. The van der Waals surface area contributed by atoms with Gasteiger partial charge in [0, 0.05) is 7.05 Å². The lowest BCUT2D eigenvalue weighted by molar-refractivity contribution is -0.205. The zero-order chi connectivity index (χ0) is 17.0. The maximum Gasteiger partial charge on any atom is 0.416 e. The minimum atomic E-state index is -4.77. The van der Waals surface area contributed by atoms with Gasteiger partial charge in [0.15, 0.2) is 6.10 Å². The Morgan fingerprint density at radius 2 is 2.04 bits per heavy atom. The Labute approximate surface area is 130 Å². The predicted octanol–water partition coefficient (Wildman–Crippen LogP) is 2.26. The van der Waals surface area contributed by atoms with Gasteiger partial charge in [0.2, 0.25) is 0 Å². The van der Waals surface area contributed by atoms with Gasteiger partial charge in [0.05, 0.1) is 30.3 Å². The van der Waals surface area contributed by atoms with Crippen molar-refractivity contribution in [2.75, 3.05) is 18.9 Å². The number of likely N-dealkylation sites (N-methyl/N-ethyl adjacent to an activating group) is 1. The van der Waals surface area contributed by atoms with Crippen LogP contribution in [0, 0.1) is 0 Å². The number of hydrogen-bond acceptors (Lipinski definition) is 3. The van der Waals surface area contributed by atoms with Gasteiger partial charge in [-0.3, -0.25) is 0 Å². The number of benzene rings is 1. The van der Waals surface area contributed by atoms with Gasteiger partial charge < -0.3 is 15.3 Å². The van der Waals surface area contributed by atoms with E-state index in [1.165, 1.54) is 17.1 Å². The van der Waals surface area contributed by atoms with Crippen LogP contribution in [-0.4, -0.2) is 51.7 Å². The molecule has 0 saturated carbocycles. The maximum absolute atomic E-state index is 12.3. The second kappa shape index (κ2) is 6.69. The van der Waals surface area contributed by atoms with E-state index >= 15 is 0 Å². The molecule has 2 amide bonds. The number of halogens is 3. The fourth-order valence-corrected chi connectivity index (χ4v) is 1.77. The Morgan fingerprint density at radius 1 is 1.39 bits per heavy atom. The van der Waals surface area contributed by atoms with E-state index in [4.69, 9.17) is 5.11 Å². The standard InChI is InChI=1S/C14H15F3N4O2/c1-20(9-12(22)14(15,16)17)13(23)19-10-7-18-21(8-10)11-5-3-2-4-6-11/h2-8,12,22H,9H2,1H3,(H,19,23). The highest BCUT2D eigenvalue weighted by Crippen LogP contribution is 2.20. The Bertz CT molecular complexity index is 658. The Balaban J connectivity index is 1.97. The molecule has 1 heterocycles. The molecule has 1 aromatic heterocycles. The third kappa shape index (κ3) is 4.46. The molecular weight excluding hydrogens is 313 g/mol. The van der Waals surface area contributed by atoms with Crippen LogP contribution in [0.25, 0.3) is 5.69 Å². The van der Waals surface area contributed by atoms with Gasteiger partial charge in [-0.1, -0.05) is 18.2 Å². The van der Waals surface area contributed by atoms with Crippen LogP contribution in [0.4, 0.5) is 23.7 Å². The first kappa shape index (κ1) is 16.8. The zero-order valence-electron chi connectivity index (χ0n) is 12.2. The first-order chi connectivity index (χ1) is 10.8. The second-order valence-electron chi connectivity index (χ2n) is 4.88. The summed E-state index contributed by atoms with van der Waals surface area (Å²) in [6, 6.07) is 8.33. The minimum absolute atomic E-state index is 0.326. The summed E-state index contributed by atoms with van der Waals surface area (Å²) in [4.78, 5) is 12.6. The fourth-order valence-electron chi connectivity index (χ4n) is 1.77. The van der Waals surface area contributed by atoms with E-state index in [9.17, 15) is 18.0 Å². The topological polar surface area (TPSA) is 70.4 Å². The monoisotopic (exact) mass is 328 g/mol. The smallest absolute Gasteiger partial charge is 0.382 e. The number of alkyl halides is 3. The van der Waals surface area contributed by atoms with Crippen LogP contribution in [0.3, 0.4) is 0 Å². The first-order valence-corrected chi connectivity index (χ1v) is 6.64. The molecule has 2 rings (SSSR count). The van der Waals surface area contributed by atoms with Crippen LogP contribution in [0.15, 0.2) is 42.7 Å². The third-order valence-electron chi connectivity index (χ3n) is 3.03. The van der Waals surface area contributed by atoms with Crippen molar-refractivity contribution < 1.29 is 23.1 Å². The number of nitrogens with zero attached hydrogens (tertiary/aromatic N) is 3. The molecule has 6 nitrogen and oxygen atoms in total. The SMILES string of the molecule is CN(CC(O)C(F)(F)F)C(=O)Nc1cnn(-c2ccccc2)c1. The summed E-state index contributed by atoms with van der Waals surface area (Å²) in [6.45, 7) is -0.859.